The van der Waals surface area contributed by atoms with E-state index in [-0.39, 0.29) is 18.5 Å². The van der Waals surface area contributed by atoms with Gasteiger partial charge in [0.1, 0.15) is 4.88 Å². The van der Waals surface area contributed by atoms with Gasteiger partial charge in [0.25, 0.3) is 0 Å². The second-order valence-corrected chi connectivity index (χ2v) is 7.26. The van der Waals surface area contributed by atoms with Crippen LogP contribution in [0.25, 0.3) is 5.69 Å². The van der Waals surface area contributed by atoms with Gasteiger partial charge in [0.15, 0.2) is 11.5 Å². The number of nitrogens with one attached hydrogen (secondary N) is 1. The van der Waals surface area contributed by atoms with Gasteiger partial charge in [-0.05, 0) is 34.0 Å². The summed E-state index contributed by atoms with van der Waals surface area (Å²) in [6, 6.07) is 6.97. The van der Waals surface area contributed by atoms with Crippen molar-refractivity contribution in [1.82, 2.24) is 20.2 Å². The van der Waals surface area contributed by atoms with Gasteiger partial charge in [0, 0.05) is 6.07 Å². The third kappa shape index (κ3) is 3.64. The minimum atomic E-state index is -0.496. The number of fused-ring (bicyclic) bond motifs is 1. The van der Waals surface area contributed by atoms with E-state index in [9.17, 15) is 9.59 Å². The Labute approximate surface area is 166 Å². The van der Waals surface area contributed by atoms with Crippen molar-refractivity contribution in [2.45, 2.75) is 5.16 Å². The molecule has 1 amide bonds. The van der Waals surface area contributed by atoms with Crippen LogP contribution < -0.4 is 14.8 Å². The molecule has 1 aliphatic heterocycles. The third-order valence-corrected chi connectivity index (χ3v) is 5.50. The molecule has 3 heterocycles. The summed E-state index contributed by atoms with van der Waals surface area (Å²) in [6.07, 6.45) is 0. The topological polar surface area (TPSA) is 117 Å². The van der Waals surface area contributed by atoms with Crippen molar-refractivity contribution in [2.24, 2.45) is 0 Å². The number of thioether (sulfide) groups is 1. The number of methoxy groups -OCH3 is 1. The van der Waals surface area contributed by atoms with Gasteiger partial charge in [-0.2, -0.15) is 4.68 Å². The van der Waals surface area contributed by atoms with E-state index in [0.29, 0.717) is 32.9 Å². The van der Waals surface area contributed by atoms with Crippen molar-refractivity contribution in [3.8, 4) is 17.2 Å². The van der Waals surface area contributed by atoms with Crippen LogP contribution in [0, 0.1) is 0 Å². The van der Waals surface area contributed by atoms with Crippen molar-refractivity contribution in [2.75, 3.05) is 25.0 Å². The average Bonchev–Trinajstić information content (AvgIpc) is 3.45. The zero-order valence-electron chi connectivity index (χ0n) is 14.4. The maximum Gasteiger partial charge on any atom is 0.350 e. The lowest BCUT2D eigenvalue weighted by Crippen LogP contribution is -2.16. The quantitative estimate of drug-likeness (QED) is 0.472. The lowest BCUT2D eigenvalue weighted by Gasteiger charge is -2.06. The fourth-order valence-electron chi connectivity index (χ4n) is 2.42. The minimum absolute atomic E-state index is 0.0569. The first-order valence-corrected chi connectivity index (χ1v) is 9.79. The summed E-state index contributed by atoms with van der Waals surface area (Å²) in [5.74, 6) is 0.525. The number of benzene rings is 1. The minimum Gasteiger partial charge on any atom is -0.465 e. The Kier molecular flexibility index (Phi) is 5.12. The number of hydrogen-bond acceptors (Lipinski definition) is 10. The maximum absolute atomic E-state index is 12.3. The van der Waals surface area contributed by atoms with E-state index in [0.717, 1.165) is 11.8 Å². The molecule has 28 heavy (non-hydrogen) atoms. The molecule has 0 saturated heterocycles. The zero-order chi connectivity index (χ0) is 19.5. The molecule has 2 aromatic heterocycles. The van der Waals surface area contributed by atoms with Crippen molar-refractivity contribution in [3.63, 3.8) is 0 Å². The highest BCUT2D eigenvalue weighted by molar-refractivity contribution is 7.99. The molecule has 12 heteroatoms. The van der Waals surface area contributed by atoms with E-state index >= 15 is 0 Å². The normalized spacial score (nSPS) is 12.0. The summed E-state index contributed by atoms with van der Waals surface area (Å²) in [5.41, 5.74) is 1.10. The van der Waals surface area contributed by atoms with Crippen LogP contribution in [0.3, 0.4) is 0 Å². The number of rotatable bonds is 6. The van der Waals surface area contributed by atoms with Crippen LogP contribution in [-0.2, 0) is 9.53 Å². The molecular weight excluding hydrogens is 406 g/mol. The van der Waals surface area contributed by atoms with Crippen LogP contribution in [-0.4, -0.2) is 51.7 Å². The molecule has 0 aliphatic carbocycles. The molecule has 0 radical (unpaired) electrons. The lowest BCUT2D eigenvalue weighted by molar-refractivity contribution is -0.113. The van der Waals surface area contributed by atoms with Crippen molar-refractivity contribution >= 4 is 40.7 Å². The van der Waals surface area contributed by atoms with E-state index < -0.39 is 5.97 Å². The molecule has 0 fully saturated rings. The molecule has 0 spiro atoms. The fourth-order valence-corrected chi connectivity index (χ4v) is 3.88. The van der Waals surface area contributed by atoms with E-state index in [4.69, 9.17) is 14.2 Å². The Bertz CT molecular complexity index is 1030. The molecule has 0 saturated carbocycles. The van der Waals surface area contributed by atoms with Gasteiger partial charge in [-0.1, -0.05) is 11.8 Å². The number of carbonyl (C=O) groups excluding carboxylic acids is 2. The van der Waals surface area contributed by atoms with Crippen LogP contribution in [0.1, 0.15) is 9.67 Å². The number of esters is 1. The lowest BCUT2D eigenvalue weighted by atomic mass is 10.3. The van der Waals surface area contributed by atoms with Gasteiger partial charge in [0.05, 0.1) is 24.2 Å². The summed E-state index contributed by atoms with van der Waals surface area (Å²) in [5, 5.41) is 16.4. The number of aromatic nitrogens is 4. The molecule has 1 aliphatic rings. The van der Waals surface area contributed by atoms with Crippen LogP contribution in [0.15, 0.2) is 34.8 Å². The van der Waals surface area contributed by atoms with Gasteiger partial charge in [0.2, 0.25) is 17.9 Å². The molecule has 10 nitrogen and oxygen atoms in total. The number of tetrazole rings is 1. The number of ether oxygens (including phenoxy) is 3. The predicted molar refractivity (Wildman–Crippen MR) is 100 cm³/mol. The first-order valence-electron chi connectivity index (χ1n) is 7.92. The van der Waals surface area contributed by atoms with E-state index in [1.165, 1.54) is 23.1 Å². The smallest absolute Gasteiger partial charge is 0.350 e. The van der Waals surface area contributed by atoms with Crippen LogP contribution in [0.5, 0.6) is 11.5 Å². The van der Waals surface area contributed by atoms with Crippen molar-refractivity contribution in [3.05, 3.63) is 34.5 Å². The van der Waals surface area contributed by atoms with Gasteiger partial charge in [-0.15, -0.1) is 16.4 Å². The molecular formula is C16H13N5O5S2. The number of hydrogen-bond donors (Lipinski definition) is 1. The Balaban J connectivity index is 1.42. The zero-order valence-corrected chi connectivity index (χ0v) is 16.1. The number of carbonyl (C=O) groups is 2. The molecule has 0 unspecified atom stereocenters. The SMILES string of the molecule is COC(=O)c1sccc1NC(=O)CSc1nnnn1-c1ccc2c(c1)OCO2. The van der Waals surface area contributed by atoms with E-state index in [1.807, 2.05) is 0 Å². The second-order valence-electron chi connectivity index (χ2n) is 5.40. The summed E-state index contributed by atoms with van der Waals surface area (Å²) >= 11 is 2.36. The molecule has 0 atom stereocenters. The molecule has 144 valence electrons. The molecule has 0 bridgehead atoms. The van der Waals surface area contributed by atoms with Gasteiger partial charge in [-0.3, -0.25) is 4.79 Å². The van der Waals surface area contributed by atoms with Gasteiger partial charge < -0.3 is 19.5 Å². The number of amides is 1. The average molecular weight is 419 g/mol. The van der Waals surface area contributed by atoms with E-state index in [1.54, 1.807) is 29.6 Å². The van der Waals surface area contributed by atoms with E-state index in [2.05, 4.69) is 20.8 Å². The maximum atomic E-state index is 12.3. The van der Waals surface area contributed by atoms with Crippen molar-refractivity contribution in [1.29, 1.82) is 0 Å². The van der Waals surface area contributed by atoms with Gasteiger partial charge >= 0.3 is 5.97 Å². The van der Waals surface area contributed by atoms with Crippen LogP contribution in [0.4, 0.5) is 5.69 Å². The summed E-state index contributed by atoms with van der Waals surface area (Å²) in [6.45, 7) is 0.173. The molecule has 1 aromatic carbocycles. The summed E-state index contributed by atoms with van der Waals surface area (Å²) in [7, 11) is 1.29. The largest absolute Gasteiger partial charge is 0.465 e. The summed E-state index contributed by atoms with van der Waals surface area (Å²) < 4.78 is 16.9. The predicted octanol–water partition coefficient (Wildman–Crippen LogP) is 1.97. The standard InChI is InChI=1S/C16H13N5O5S2/c1-24-15(23)14-10(4-5-27-14)17-13(22)7-28-16-18-19-20-21(16)9-2-3-11-12(6-9)26-8-25-11/h2-6H,7-8H2,1H3,(H,17,22). The second kappa shape index (κ2) is 7.86. The van der Waals surface area contributed by atoms with Gasteiger partial charge in [-0.25, -0.2) is 4.79 Å². The van der Waals surface area contributed by atoms with Crippen LogP contribution in [0.2, 0.25) is 0 Å². The monoisotopic (exact) mass is 419 g/mol. The van der Waals surface area contributed by atoms with Crippen LogP contribution >= 0.6 is 23.1 Å². The molecule has 4 rings (SSSR count). The Morgan fingerprint density at radius 1 is 1.32 bits per heavy atom. The molecule has 3 aromatic rings. The molecule has 1 N–H and O–H groups in total. The number of anilines is 1. The first kappa shape index (κ1) is 18.3. The fraction of sp³-hybridized carbons (Fsp3) is 0.188. The van der Waals surface area contributed by atoms with Crippen molar-refractivity contribution < 1.29 is 23.8 Å². The highest BCUT2D eigenvalue weighted by Gasteiger charge is 2.19. The Morgan fingerprint density at radius 2 is 2.18 bits per heavy atom. The number of nitrogens with zero attached hydrogens (tertiary/aromatic N) is 4. The Morgan fingerprint density at radius 3 is 3.04 bits per heavy atom. The number of thiophene rings is 1. The third-order valence-electron chi connectivity index (χ3n) is 3.68. The first-order chi connectivity index (χ1) is 13.7. The Hall–Kier alpha value is -3.12. The highest BCUT2D eigenvalue weighted by atomic mass is 32.2. The highest BCUT2D eigenvalue weighted by Crippen LogP contribution is 2.34. The summed E-state index contributed by atoms with van der Waals surface area (Å²) in [4.78, 5) is 24.3.